The summed E-state index contributed by atoms with van der Waals surface area (Å²) >= 11 is 0. The van der Waals surface area contributed by atoms with Crippen molar-refractivity contribution in [3.05, 3.63) is 144 Å². The zero-order valence-electron chi connectivity index (χ0n) is 38.7. The Morgan fingerprint density at radius 2 is 0.851 bits per heavy atom. The van der Waals surface area contributed by atoms with Crippen LogP contribution in [0.5, 0.6) is 11.5 Å². The van der Waals surface area contributed by atoms with Gasteiger partial charge in [-0.1, -0.05) is 48.5 Å². The van der Waals surface area contributed by atoms with Gasteiger partial charge in [0.05, 0.1) is 34.8 Å². The molecule has 14 nitrogen and oxygen atoms in total. The summed E-state index contributed by atoms with van der Waals surface area (Å²) in [5.41, 5.74) is 7.61. The van der Waals surface area contributed by atoms with Crippen LogP contribution in [0.4, 0.5) is 0 Å². The molecule has 6 rings (SSSR count). The molecule has 0 fully saturated rings. The van der Waals surface area contributed by atoms with E-state index in [-0.39, 0.29) is 35.9 Å². The maximum absolute atomic E-state index is 11.7. The predicted molar refractivity (Wildman–Crippen MR) is 253 cm³/mol. The molecule has 2 aromatic heterocycles. The molecule has 4 aromatic carbocycles. The summed E-state index contributed by atoms with van der Waals surface area (Å²) in [5, 5.41) is 22.3. The quantitative estimate of drug-likeness (QED) is 0.0837. The molecule has 0 spiro atoms. The van der Waals surface area contributed by atoms with Crippen LogP contribution in [-0.2, 0) is 64.7 Å². The van der Waals surface area contributed by atoms with Crippen LogP contribution in [0.2, 0.25) is 0 Å². The van der Waals surface area contributed by atoms with Crippen molar-refractivity contribution in [3.8, 4) is 34.0 Å². The average Bonchev–Trinajstić information content (AvgIpc) is 3.84. The Morgan fingerprint density at radius 1 is 0.522 bits per heavy atom. The van der Waals surface area contributed by atoms with Crippen molar-refractivity contribution in [3.63, 3.8) is 0 Å². The Bertz CT molecular complexity index is 2560. The SMILES string of the molecule is CCO[C@@H](Cc1ccc(OCCn2c(C)ccc2-c2ccc(S(C)(=O)=O)cc2)cc1)C(=O)[O-].CCO[C@@H](Cc1ccc(OCCn2c(C)ccc2-c2ccc(S(C)(=O)=O)cc2)cc1)C(=O)[O-].[Mg+2]. The van der Waals surface area contributed by atoms with Crippen LogP contribution >= 0.6 is 0 Å². The molecule has 352 valence electrons. The standard InChI is InChI=1S/2C25H29NO6S.Mg/c2*1-4-31-24(25(27)28)17-19-6-10-21(11-7-19)32-16-15-26-18(2)5-14-23(26)20-8-12-22(13-9-20)33(3,29)30;/h2*5-14,24H,4,15-17H2,1-3H3,(H,27,28);/q;;+2/p-2/t2*24-;/m00./s1. The van der Waals surface area contributed by atoms with Crippen LogP contribution in [0, 0.1) is 13.8 Å². The van der Waals surface area contributed by atoms with Gasteiger partial charge in [0.2, 0.25) is 0 Å². The van der Waals surface area contributed by atoms with Gasteiger partial charge in [-0.3, -0.25) is 0 Å². The first-order valence-electron chi connectivity index (χ1n) is 21.4. The molecule has 0 saturated heterocycles. The largest absolute Gasteiger partial charge is 2.00 e. The van der Waals surface area contributed by atoms with Crippen LogP contribution in [-0.4, -0.2) is 112 Å². The second-order valence-corrected chi connectivity index (χ2v) is 19.6. The molecule has 0 aliphatic heterocycles. The van der Waals surface area contributed by atoms with E-state index >= 15 is 0 Å². The normalized spacial score (nSPS) is 12.3. The number of sulfone groups is 2. The van der Waals surface area contributed by atoms with Crippen molar-refractivity contribution in [2.45, 2.75) is 75.6 Å². The van der Waals surface area contributed by atoms with E-state index in [4.69, 9.17) is 18.9 Å². The molecular formula is C50H56MgN2O12S2. The molecule has 67 heavy (non-hydrogen) atoms. The van der Waals surface area contributed by atoms with Gasteiger partial charge in [-0.15, -0.1) is 0 Å². The van der Waals surface area contributed by atoms with E-state index in [1.165, 1.54) is 12.5 Å². The molecule has 0 aliphatic rings. The van der Waals surface area contributed by atoms with Crippen molar-refractivity contribution < 1.29 is 55.6 Å². The van der Waals surface area contributed by atoms with Gasteiger partial charge in [0.25, 0.3) is 0 Å². The fourth-order valence-corrected chi connectivity index (χ4v) is 8.45. The summed E-state index contributed by atoms with van der Waals surface area (Å²) in [5.74, 6) is -1.07. The van der Waals surface area contributed by atoms with Gasteiger partial charge in [-0.2, -0.15) is 0 Å². The zero-order valence-corrected chi connectivity index (χ0v) is 41.7. The minimum atomic E-state index is -3.23. The Labute approximate surface area is 409 Å². The number of benzene rings is 4. The number of aromatic nitrogens is 2. The molecule has 0 bridgehead atoms. The summed E-state index contributed by atoms with van der Waals surface area (Å²) in [6.45, 7) is 10.2. The molecule has 0 saturated carbocycles. The van der Waals surface area contributed by atoms with Crippen LogP contribution in [0.15, 0.2) is 131 Å². The van der Waals surface area contributed by atoms with E-state index in [9.17, 15) is 36.6 Å². The minimum absolute atomic E-state index is 0. The number of carboxylic acids is 2. The summed E-state index contributed by atoms with van der Waals surface area (Å²) in [6.07, 6.45) is 0.923. The van der Waals surface area contributed by atoms with E-state index in [0.717, 1.165) is 45.0 Å². The van der Waals surface area contributed by atoms with E-state index in [0.29, 0.717) is 60.8 Å². The molecule has 0 unspecified atom stereocenters. The Balaban J connectivity index is 0.000000288. The number of carbonyl (C=O) groups is 2. The molecule has 0 radical (unpaired) electrons. The number of hydrogen-bond acceptors (Lipinski definition) is 12. The molecule has 6 aromatic rings. The molecule has 17 heteroatoms. The first kappa shape index (κ1) is 54.2. The van der Waals surface area contributed by atoms with Crippen LogP contribution in [0.1, 0.15) is 36.4 Å². The Morgan fingerprint density at radius 3 is 1.13 bits per heavy atom. The fraction of sp³-hybridized carbons (Fsp3) is 0.320. The maximum atomic E-state index is 11.7. The van der Waals surface area contributed by atoms with Gasteiger partial charge < -0.3 is 47.9 Å². The third kappa shape index (κ3) is 15.8. The van der Waals surface area contributed by atoms with E-state index in [2.05, 4.69) is 9.13 Å². The molecule has 2 atom stereocenters. The summed E-state index contributed by atoms with van der Waals surface area (Å²) in [7, 11) is -6.47. The van der Waals surface area contributed by atoms with Gasteiger partial charge in [0.1, 0.15) is 36.9 Å². The van der Waals surface area contributed by atoms with Crippen LogP contribution in [0.3, 0.4) is 0 Å². The second-order valence-electron chi connectivity index (χ2n) is 15.5. The number of nitrogens with zero attached hydrogens (tertiary/aromatic N) is 2. The van der Waals surface area contributed by atoms with Gasteiger partial charge in [-0.05, 0) is 123 Å². The Hall–Kier alpha value is -5.43. The van der Waals surface area contributed by atoms with Crippen molar-refractivity contribution in [2.75, 3.05) is 38.9 Å². The number of carboxylic acid groups (broad SMARTS) is 2. The van der Waals surface area contributed by atoms with Crippen LogP contribution < -0.4 is 19.7 Å². The molecule has 0 amide bonds. The molecular weight excluding hydrogens is 909 g/mol. The van der Waals surface area contributed by atoms with Crippen molar-refractivity contribution in [1.29, 1.82) is 0 Å². The fourth-order valence-electron chi connectivity index (χ4n) is 7.19. The van der Waals surface area contributed by atoms with Crippen molar-refractivity contribution in [2.24, 2.45) is 0 Å². The van der Waals surface area contributed by atoms with E-state index in [1.54, 1.807) is 62.4 Å². The molecule has 2 heterocycles. The number of ether oxygens (including phenoxy) is 4. The monoisotopic (exact) mass is 964 g/mol. The molecule has 0 N–H and O–H groups in total. The van der Waals surface area contributed by atoms with Gasteiger partial charge in [0, 0.05) is 61.3 Å². The number of carbonyl (C=O) groups excluding carboxylic acids is 2. The first-order valence-corrected chi connectivity index (χ1v) is 25.2. The Kier molecular flexibility index (Phi) is 20.3. The second kappa shape index (κ2) is 25.1. The summed E-state index contributed by atoms with van der Waals surface area (Å²) in [4.78, 5) is 22.9. The van der Waals surface area contributed by atoms with Gasteiger partial charge >= 0.3 is 23.1 Å². The third-order valence-corrected chi connectivity index (χ3v) is 12.9. The minimum Gasteiger partial charge on any atom is -0.547 e. The van der Waals surface area contributed by atoms with Gasteiger partial charge in [0.15, 0.2) is 19.7 Å². The van der Waals surface area contributed by atoms with Gasteiger partial charge in [-0.25, -0.2) is 16.8 Å². The van der Waals surface area contributed by atoms with Crippen molar-refractivity contribution >= 4 is 54.7 Å². The number of aliphatic carboxylic acids is 2. The first-order chi connectivity index (χ1) is 31.4. The van der Waals surface area contributed by atoms with E-state index < -0.39 is 43.8 Å². The zero-order chi connectivity index (χ0) is 48.0. The van der Waals surface area contributed by atoms with Crippen LogP contribution in [0.25, 0.3) is 22.5 Å². The maximum Gasteiger partial charge on any atom is 2.00 e. The van der Waals surface area contributed by atoms with Crippen molar-refractivity contribution in [1.82, 2.24) is 9.13 Å². The number of rotatable bonds is 22. The molecule has 0 aliphatic carbocycles. The average molecular weight is 965 g/mol. The topological polar surface area (TPSA) is 195 Å². The number of aryl methyl sites for hydroxylation is 2. The van der Waals surface area contributed by atoms with E-state index in [1.807, 2.05) is 86.6 Å². The summed E-state index contributed by atoms with van der Waals surface area (Å²) in [6, 6.07) is 36.2. The summed E-state index contributed by atoms with van der Waals surface area (Å²) < 4.78 is 73.2. The predicted octanol–water partition coefficient (Wildman–Crippen LogP) is 4.91. The number of hydrogen-bond donors (Lipinski definition) is 0. The third-order valence-electron chi connectivity index (χ3n) is 10.7. The smallest absolute Gasteiger partial charge is 0.547 e.